The van der Waals surface area contributed by atoms with Crippen LogP contribution in [-0.2, 0) is 4.79 Å². The minimum Gasteiger partial charge on any atom is -0.342 e. The number of hydrogen-bond donors (Lipinski definition) is 1. The number of anilines is 2. The highest BCUT2D eigenvalue weighted by molar-refractivity contribution is 7.13. The van der Waals surface area contributed by atoms with Crippen LogP contribution < -0.4 is 5.32 Å². The van der Waals surface area contributed by atoms with E-state index >= 15 is 0 Å². The fourth-order valence-corrected chi connectivity index (χ4v) is 3.53. The Morgan fingerprint density at radius 2 is 2.13 bits per heavy atom. The molecule has 0 aliphatic carbocycles. The number of nitrogens with zero attached hydrogens (tertiary/aromatic N) is 4. The van der Waals surface area contributed by atoms with Crippen molar-refractivity contribution in [2.75, 3.05) is 18.4 Å². The molecule has 1 fully saturated rings. The van der Waals surface area contributed by atoms with Crippen LogP contribution >= 0.6 is 11.3 Å². The zero-order chi connectivity index (χ0) is 16.4. The van der Waals surface area contributed by atoms with Gasteiger partial charge in [-0.15, -0.1) is 11.3 Å². The number of carbonyl (C=O) groups excluding carboxylic acids is 1. The predicted molar refractivity (Wildman–Crippen MR) is 91.1 cm³/mol. The Morgan fingerprint density at radius 3 is 2.83 bits per heavy atom. The number of aryl methyl sites for hydroxylation is 2. The molecule has 1 amide bonds. The number of likely N-dealkylation sites (tertiary alicyclic amines) is 1. The molecular formula is C16H21N5OS. The van der Waals surface area contributed by atoms with Gasteiger partial charge in [0.2, 0.25) is 5.91 Å². The molecule has 122 valence electrons. The second-order valence-corrected chi connectivity index (χ2v) is 6.83. The molecule has 1 atom stereocenters. The van der Waals surface area contributed by atoms with Crippen molar-refractivity contribution in [2.45, 2.75) is 39.5 Å². The van der Waals surface area contributed by atoms with E-state index in [9.17, 15) is 4.79 Å². The van der Waals surface area contributed by atoms with Gasteiger partial charge in [0, 0.05) is 43.1 Å². The molecular weight excluding hydrogens is 310 g/mol. The molecule has 0 saturated carbocycles. The van der Waals surface area contributed by atoms with Crippen LogP contribution in [0.3, 0.4) is 0 Å². The Hall–Kier alpha value is -2.02. The highest BCUT2D eigenvalue weighted by Crippen LogP contribution is 2.27. The summed E-state index contributed by atoms with van der Waals surface area (Å²) in [6.45, 7) is 7.10. The number of amides is 1. The van der Waals surface area contributed by atoms with Crippen molar-refractivity contribution in [3.8, 4) is 0 Å². The zero-order valence-corrected chi connectivity index (χ0v) is 14.5. The monoisotopic (exact) mass is 331 g/mol. The molecule has 1 aliphatic heterocycles. The summed E-state index contributed by atoms with van der Waals surface area (Å²) in [5, 5.41) is 6.09. The molecule has 0 spiro atoms. The molecule has 0 radical (unpaired) electrons. The van der Waals surface area contributed by atoms with Gasteiger partial charge in [0.05, 0.1) is 5.69 Å². The third kappa shape index (κ3) is 3.85. The van der Waals surface area contributed by atoms with Crippen molar-refractivity contribution in [2.24, 2.45) is 0 Å². The highest BCUT2D eigenvalue weighted by atomic mass is 32.1. The van der Waals surface area contributed by atoms with Crippen molar-refractivity contribution in [1.82, 2.24) is 19.9 Å². The standard InChI is InChI=1S/C16H21N5OS/c1-10-7-14(20-16-18-11(2)9-23-16)19-15(17-10)13-5-4-6-21(8-13)12(3)22/h7,9,13H,4-6,8H2,1-3H3,(H,17,18,19,20)/t13-/m0/s1. The van der Waals surface area contributed by atoms with Crippen LogP contribution in [0, 0.1) is 13.8 Å². The Balaban J connectivity index is 1.81. The Morgan fingerprint density at radius 1 is 1.30 bits per heavy atom. The Labute approximate surface area is 140 Å². The number of piperidine rings is 1. The van der Waals surface area contributed by atoms with Crippen LogP contribution in [0.15, 0.2) is 11.4 Å². The van der Waals surface area contributed by atoms with Crippen molar-refractivity contribution < 1.29 is 4.79 Å². The fraction of sp³-hybridized carbons (Fsp3) is 0.500. The third-order valence-electron chi connectivity index (χ3n) is 3.96. The van der Waals surface area contributed by atoms with E-state index < -0.39 is 0 Å². The molecule has 3 heterocycles. The molecule has 0 unspecified atom stereocenters. The van der Waals surface area contributed by atoms with E-state index in [0.29, 0.717) is 6.54 Å². The first-order valence-corrected chi connectivity index (χ1v) is 8.69. The first-order chi connectivity index (χ1) is 11.0. The maximum absolute atomic E-state index is 11.6. The van der Waals surface area contributed by atoms with E-state index in [1.165, 1.54) is 0 Å². The predicted octanol–water partition coefficient (Wildman–Crippen LogP) is 3.02. The largest absolute Gasteiger partial charge is 0.342 e. The summed E-state index contributed by atoms with van der Waals surface area (Å²) in [7, 11) is 0. The van der Waals surface area contributed by atoms with Gasteiger partial charge in [-0.25, -0.2) is 15.0 Å². The summed E-state index contributed by atoms with van der Waals surface area (Å²) in [4.78, 5) is 27.2. The summed E-state index contributed by atoms with van der Waals surface area (Å²) >= 11 is 1.56. The van der Waals surface area contributed by atoms with Gasteiger partial charge in [-0.2, -0.15) is 0 Å². The van der Waals surface area contributed by atoms with Gasteiger partial charge in [-0.1, -0.05) is 0 Å². The van der Waals surface area contributed by atoms with Crippen LogP contribution in [0.1, 0.15) is 42.9 Å². The molecule has 2 aromatic rings. The van der Waals surface area contributed by atoms with Crippen LogP contribution in [-0.4, -0.2) is 38.8 Å². The number of thiazole rings is 1. The number of hydrogen-bond acceptors (Lipinski definition) is 6. The first-order valence-electron chi connectivity index (χ1n) is 7.81. The second kappa shape index (κ2) is 6.62. The summed E-state index contributed by atoms with van der Waals surface area (Å²) in [6, 6.07) is 1.92. The average molecular weight is 331 g/mol. The number of aromatic nitrogens is 3. The molecule has 0 aromatic carbocycles. The van der Waals surface area contributed by atoms with Crippen molar-refractivity contribution in [1.29, 1.82) is 0 Å². The van der Waals surface area contributed by atoms with E-state index in [-0.39, 0.29) is 11.8 Å². The lowest BCUT2D eigenvalue weighted by Crippen LogP contribution is -2.38. The summed E-state index contributed by atoms with van der Waals surface area (Å²) < 4.78 is 0. The normalized spacial score (nSPS) is 18.0. The van der Waals surface area contributed by atoms with Gasteiger partial charge in [0.15, 0.2) is 5.13 Å². The van der Waals surface area contributed by atoms with Crippen molar-refractivity contribution >= 4 is 28.2 Å². The quantitative estimate of drug-likeness (QED) is 0.936. The lowest BCUT2D eigenvalue weighted by molar-refractivity contribution is -0.130. The van der Waals surface area contributed by atoms with E-state index in [0.717, 1.165) is 47.5 Å². The lowest BCUT2D eigenvalue weighted by Gasteiger charge is -2.31. The minimum atomic E-state index is 0.124. The Kier molecular flexibility index (Phi) is 4.56. The lowest BCUT2D eigenvalue weighted by atomic mass is 9.97. The minimum absolute atomic E-state index is 0.124. The zero-order valence-electron chi connectivity index (χ0n) is 13.7. The molecule has 6 nitrogen and oxygen atoms in total. The first kappa shape index (κ1) is 15.9. The van der Waals surface area contributed by atoms with Crippen LogP contribution in [0.4, 0.5) is 10.9 Å². The van der Waals surface area contributed by atoms with Gasteiger partial charge in [-0.05, 0) is 26.7 Å². The fourth-order valence-electron chi connectivity index (χ4n) is 2.83. The maximum Gasteiger partial charge on any atom is 0.219 e. The topological polar surface area (TPSA) is 71.0 Å². The molecule has 0 bridgehead atoms. The smallest absolute Gasteiger partial charge is 0.219 e. The number of rotatable bonds is 3. The summed E-state index contributed by atoms with van der Waals surface area (Å²) in [5.74, 6) is 1.90. The van der Waals surface area contributed by atoms with E-state index in [1.54, 1.807) is 18.3 Å². The van der Waals surface area contributed by atoms with Gasteiger partial charge >= 0.3 is 0 Å². The summed E-state index contributed by atoms with van der Waals surface area (Å²) in [5.41, 5.74) is 1.92. The van der Waals surface area contributed by atoms with Gasteiger partial charge in [0.1, 0.15) is 11.6 Å². The molecule has 2 aromatic heterocycles. The second-order valence-electron chi connectivity index (χ2n) is 5.98. The Bertz CT molecular complexity index is 714. The van der Waals surface area contributed by atoms with Gasteiger partial charge in [-0.3, -0.25) is 4.79 Å². The van der Waals surface area contributed by atoms with E-state index in [4.69, 9.17) is 0 Å². The number of carbonyl (C=O) groups is 1. The third-order valence-corrected chi connectivity index (χ3v) is 4.83. The maximum atomic E-state index is 11.6. The molecule has 1 saturated heterocycles. The highest BCUT2D eigenvalue weighted by Gasteiger charge is 2.25. The SMILES string of the molecule is CC(=O)N1CCC[C@H](c2nc(C)cc(Nc3nc(C)cs3)n2)C1. The van der Waals surface area contributed by atoms with E-state index in [2.05, 4.69) is 20.3 Å². The van der Waals surface area contributed by atoms with Crippen molar-refractivity contribution in [3.05, 3.63) is 28.7 Å². The van der Waals surface area contributed by atoms with Crippen LogP contribution in [0.5, 0.6) is 0 Å². The van der Waals surface area contributed by atoms with Gasteiger partial charge in [0.25, 0.3) is 0 Å². The van der Waals surface area contributed by atoms with Crippen molar-refractivity contribution in [3.63, 3.8) is 0 Å². The van der Waals surface area contributed by atoms with Crippen LogP contribution in [0.25, 0.3) is 0 Å². The van der Waals surface area contributed by atoms with Gasteiger partial charge < -0.3 is 10.2 Å². The summed E-state index contributed by atoms with van der Waals surface area (Å²) in [6.07, 6.45) is 2.01. The molecule has 23 heavy (non-hydrogen) atoms. The molecule has 1 N–H and O–H groups in total. The number of nitrogens with one attached hydrogen (secondary N) is 1. The van der Waals surface area contributed by atoms with Crippen LogP contribution in [0.2, 0.25) is 0 Å². The molecule has 7 heteroatoms. The molecule has 1 aliphatic rings. The average Bonchev–Trinajstić information content (AvgIpc) is 2.92. The molecule has 3 rings (SSSR count). The van der Waals surface area contributed by atoms with E-state index in [1.807, 2.05) is 30.2 Å².